The Bertz CT molecular complexity index is 135. The van der Waals surface area contributed by atoms with Crippen molar-refractivity contribution >= 4 is 0 Å². The largest absolute Gasteiger partial charge is 0.0683 e. The fourth-order valence-electron chi connectivity index (χ4n) is 0.534. The standard InChI is InChI=1S/C7H8.2C2H6.H2/c1-7-5-3-2-4-6-7;2*1-2;/h2-6H,1H3;2*1-2H3;1H. The third kappa shape index (κ3) is 9.22. The fraction of sp³-hybridized carbons (Fsp3) is 0.455. The minimum atomic E-state index is 0. The molecule has 11 heavy (non-hydrogen) atoms. The van der Waals surface area contributed by atoms with Gasteiger partial charge in [-0.05, 0) is 6.92 Å². The van der Waals surface area contributed by atoms with Crippen molar-refractivity contribution in [2.24, 2.45) is 0 Å². The monoisotopic (exact) mass is 154 g/mol. The molecule has 1 aromatic rings. The summed E-state index contributed by atoms with van der Waals surface area (Å²) in [4.78, 5) is 0. The molecule has 0 fully saturated rings. The van der Waals surface area contributed by atoms with E-state index < -0.39 is 0 Å². The molecule has 0 spiro atoms. The van der Waals surface area contributed by atoms with E-state index in [2.05, 4.69) is 19.1 Å². The molecule has 0 atom stereocenters. The summed E-state index contributed by atoms with van der Waals surface area (Å²) in [6.45, 7) is 10.1. The Morgan fingerprint density at radius 1 is 0.818 bits per heavy atom. The summed E-state index contributed by atoms with van der Waals surface area (Å²) >= 11 is 0. The summed E-state index contributed by atoms with van der Waals surface area (Å²) in [6, 6.07) is 10.3. The Kier molecular flexibility index (Phi) is 14.0. The Morgan fingerprint density at radius 2 is 1.18 bits per heavy atom. The van der Waals surface area contributed by atoms with E-state index in [1.165, 1.54) is 5.56 Å². The van der Waals surface area contributed by atoms with E-state index in [-0.39, 0.29) is 1.43 Å². The van der Waals surface area contributed by atoms with Gasteiger partial charge in [0, 0.05) is 1.43 Å². The molecule has 0 nitrogen and oxygen atoms in total. The average Bonchev–Trinajstić information content (AvgIpc) is 2.13. The Labute approximate surface area is 72.8 Å². The van der Waals surface area contributed by atoms with Gasteiger partial charge in [0.25, 0.3) is 0 Å². The first-order valence-corrected chi connectivity index (χ1v) is 4.41. The van der Waals surface area contributed by atoms with Crippen molar-refractivity contribution in [1.82, 2.24) is 0 Å². The van der Waals surface area contributed by atoms with Crippen molar-refractivity contribution in [1.29, 1.82) is 0 Å². The van der Waals surface area contributed by atoms with Gasteiger partial charge in [0.15, 0.2) is 0 Å². The van der Waals surface area contributed by atoms with Gasteiger partial charge in [0.1, 0.15) is 0 Å². The highest BCUT2D eigenvalue weighted by Gasteiger charge is 1.72. The van der Waals surface area contributed by atoms with Gasteiger partial charge in [-0.1, -0.05) is 63.6 Å². The van der Waals surface area contributed by atoms with Crippen LogP contribution in [0, 0.1) is 6.92 Å². The van der Waals surface area contributed by atoms with Gasteiger partial charge in [-0.25, -0.2) is 0 Å². The molecule has 0 saturated carbocycles. The van der Waals surface area contributed by atoms with Crippen LogP contribution in [0.25, 0.3) is 0 Å². The molecule has 0 aliphatic rings. The molecule has 0 heteroatoms. The lowest BCUT2D eigenvalue weighted by Crippen LogP contribution is -1.62. The molecular formula is C11H22. The quantitative estimate of drug-likeness (QED) is 0.523. The molecule has 1 aromatic carbocycles. The van der Waals surface area contributed by atoms with E-state index in [1.807, 2.05) is 45.9 Å². The van der Waals surface area contributed by atoms with Gasteiger partial charge in [0.2, 0.25) is 0 Å². The van der Waals surface area contributed by atoms with Crippen molar-refractivity contribution < 1.29 is 1.43 Å². The fourth-order valence-corrected chi connectivity index (χ4v) is 0.534. The van der Waals surface area contributed by atoms with Crippen LogP contribution in [0.15, 0.2) is 30.3 Å². The molecule has 1 rings (SSSR count). The summed E-state index contributed by atoms with van der Waals surface area (Å²) < 4.78 is 0. The van der Waals surface area contributed by atoms with Crippen LogP contribution in [0.2, 0.25) is 0 Å². The van der Waals surface area contributed by atoms with Gasteiger partial charge in [-0.2, -0.15) is 0 Å². The third-order valence-electron chi connectivity index (χ3n) is 0.940. The number of benzene rings is 1. The van der Waals surface area contributed by atoms with Crippen molar-refractivity contribution in [3.63, 3.8) is 0 Å². The van der Waals surface area contributed by atoms with Gasteiger partial charge in [0.05, 0.1) is 0 Å². The maximum atomic E-state index is 2.08. The molecule has 0 radical (unpaired) electrons. The number of aryl methyl sites for hydroxylation is 1. The van der Waals surface area contributed by atoms with Crippen LogP contribution in [0.4, 0.5) is 0 Å². The minimum absolute atomic E-state index is 0. The molecule has 0 unspecified atom stereocenters. The van der Waals surface area contributed by atoms with Crippen molar-refractivity contribution in [3.05, 3.63) is 35.9 Å². The lowest BCUT2D eigenvalue weighted by molar-refractivity contribution is 1.48. The van der Waals surface area contributed by atoms with Crippen molar-refractivity contribution in [2.75, 3.05) is 0 Å². The second-order valence-corrected chi connectivity index (χ2v) is 1.65. The first kappa shape index (κ1) is 12.9. The van der Waals surface area contributed by atoms with Crippen LogP contribution in [-0.2, 0) is 0 Å². The summed E-state index contributed by atoms with van der Waals surface area (Å²) in [5, 5.41) is 0. The van der Waals surface area contributed by atoms with E-state index in [0.29, 0.717) is 0 Å². The Hall–Kier alpha value is -0.780. The molecule has 0 N–H and O–H groups in total. The molecule has 0 heterocycles. The molecule has 0 aliphatic carbocycles. The predicted molar refractivity (Wildman–Crippen MR) is 56.0 cm³/mol. The average molecular weight is 154 g/mol. The van der Waals surface area contributed by atoms with E-state index in [0.717, 1.165) is 0 Å². The molecule has 0 aromatic heterocycles. The SMILES string of the molecule is CC.CC.Cc1ccccc1.[HH]. The second-order valence-electron chi connectivity index (χ2n) is 1.65. The highest BCUT2D eigenvalue weighted by molar-refractivity contribution is 5.11. The zero-order valence-corrected chi connectivity index (χ0v) is 8.39. The van der Waals surface area contributed by atoms with Crippen LogP contribution in [0.5, 0.6) is 0 Å². The number of rotatable bonds is 0. The van der Waals surface area contributed by atoms with Crippen LogP contribution in [-0.4, -0.2) is 0 Å². The third-order valence-corrected chi connectivity index (χ3v) is 0.940. The Morgan fingerprint density at radius 3 is 1.36 bits per heavy atom. The first-order chi connectivity index (χ1) is 5.39. The van der Waals surface area contributed by atoms with E-state index in [9.17, 15) is 0 Å². The molecule has 0 amide bonds. The van der Waals surface area contributed by atoms with Crippen LogP contribution in [0.3, 0.4) is 0 Å². The van der Waals surface area contributed by atoms with Crippen molar-refractivity contribution in [3.8, 4) is 0 Å². The molecular weight excluding hydrogens is 132 g/mol. The molecule has 0 bridgehead atoms. The van der Waals surface area contributed by atoms with Gasteiger partial charge in [-0.3, -0.25) is 0 Å². The van der Waals surface area contributed by atoms with E-state index in [4.69, 9.17) is 0 Å². The number of hydrogen-bond acceptors (Lipinski definition) is 0. The molecule has 0 saturated heterocycles. The Balaban J connectivity index is -0.000000144. The summed E-state index contributed by atoms with van der Waals surface area (Å²) in [7, 11) is 0. The van der Waals surface area contributed by atoms with Crippen LogP contribution >= 0.6 is 0 Å². The van der Waals surface area contributed by atoms with Gasteiger partial charge >= 0.3 is 0 Å². The normalized spacial score (nSPS) is 6.64. The minimum Gasteiger partial charge on any atom is -0.0683 e. The van der Waals surface area contributed by atoms with Gasteiger partial charge < -0.3 is 0 Å². The van der Waals surface area contributed by atoms with Crippen molar-refractivity contribution in [2.45, 2.75) is 34.6 Å². The first-order valence-electron chi connectivity index (χ1n) is 4.41. The number of hydrogen-bond donors (Lipinski definition) is 0. The lowest BCUT2D eigenvalue weighted by atomic mass is 10.2. The maximum Gasteiger partial charge on any atom is 0 e. The molecule has 66 valence electrons. The second kappa shape index (κ2) is 12.0. The van der Waals surface area contributed by atoms with Crippen LogP contribution in [0.1, 0.15) is 34.7 Å². The smallest absolute Gasteiger partial charge is 0 e. The zero-order chi connectivity index (χ0) is 9.11. The summed E-state index contributed by atoms with van der Waals surface area (Å²) in [6.07, 6.45) is 0. The summed E-state index contributed by atoms with van der Waals surface area (Å²) in [5.74, 6) is 0. The highest BCUT2D eigenvalue weighted by atomic mass is 13.8. The zero-order valence-electron chi connectivity index (χ0n) is 8.39. The topological polar surface area (TPSA) is 0 Å². The predicted octanol–water partition coefficient (Wildman–Crippen LogP) is 4.29. The molecule has 0 aliphatic heterocycles. The van der Waals surface area contributed by atoms with E-state index >= 15 is 0 Å². The highest BCUT2D eigenvalue weighted by Crippen LogP contribution is 1.92. The van der Waals surface area contributed by atoms with Gasteiger partial charge in [-0.15, -0.1) is 0 Å². The summed E-state index contributed by atoms with van der Waals surface area (Å²) in [5.41, 5.74) is 1.32. The lowest BCUT2D eigenvalue weighted by Gasteiger charge is -1.82. The van der Waals surface area contributed by atoms with E-state index in [1.54, 1.807) is 0 Å². The van der Waals surface area contributed by atoms with Crippen LogP contribution < -0.4 is 0 Å². The maximum absolute atomic E-state index is 2.08.